The lowest BCUT2D eigenvalue weighted by Gasteiger charge is -2.15. The zero-order valence-corrected chi connectivity index (χ0v) is 15.0. The lowest BCUT2D eigenvalue weighted by atomic mass is 10.1. The third kappa shape index (κ3) is 2.66. The normalized spacial score (nSPS) is 17.6. The van der Waals surface area contributed by atoms with Crippen LogP contribution in [-0.4, -0.2) is 42.3 Å². The highest BCUT2D eigenvalue weighted by Crippen LogP contribution is 2.25. The Bertz CT molecular complexity index is 1270. The number of H-pyrrole nitrogens is 1. The van der Waals surface area contributed by atoms with E-state index in [1.165, 1.54) is 0 Å². The molecular weight excluding hydrogens is 358 g/mol. The highest BCUT2D eigenvalue weighted by molar-refractivity contribution is 5.81. The Labute approximate surface area is 159 Å². The summed E-state index contributed by atoms with van der Waals surface area (Å²) in [5.41, 5.74) is 3.02. The topological polar surface area (TPSA) is 95.0 Å². The highest BCUT2D eigenvalue weighted by atomic mass is 16.5. The molecule has 0 aliphatic carbocycles. The van der Waals surface area contributed by atoms with Gasteiger partial charge in [0.05, 0.1) is 23.8 Å². The van der Waals surface area contributed by atoms with E-state index >= 15 is 0 Å². The van der Waals surface area contributed by atoms with Crippen molar-refractivity contribution in [1.29, 1.82) is 0 Å². The Morgan fingerprint density at radius 2 is 2.18 bits per heavy atom. The molecular formula is C19H17N7O2. The van der Waals surface area contributed by atoms with E-state index in [0.29, 0.717) is 29.4 Å². The minimum atomic E-state index is -0.181. The Kier molecular flexibility index (Phi) is 3.91. The van der Waals surface area contributed by atoms with E-state index in [0.717, 1.165) is 36.9 Å². The van der Waals surface area contributed by atoms with Crippen molar-refractivity contribution >= 4 is 27.9 Å². The van der Waals surface area contributed by atoms with Crippen LogP contribution in [0.4, 0.5) is 5.69 Å². The molecule has 1 fully saturated rings. The summed E-state index contributed by atoms with van der Waals surface area (Å²) in [6.45, 7) is 8.58. The van der Waals surface area contributed by atoms with E-state index in [2.05, 4.69) is 24.8 Å². The van der Waals surface area contributed by atoms with Gasteiger partial charge in [0.2, 0.25) is 5.95 Å². The van der Waals surface area contributed by atoms with Gasteiger partial charge in [0.1, 0.15) is 11.8 Å². The number of nitrogens with zero attached hydrogens (tertiary/aromatic N) is 6. The smallest absolute Gasteiger partial charge is 0.327 e. The van der Waals surface area contributed by atoms with Gasteiger partial charge in [-0.15, -0.1) is 0 Å². The number of ether oxygens (including phenoxy) is 1. The molecule has 1 aromatic carbocycles. The number of rotatable bonds is 2. The number of aromatic nitrogens is 6. The van der Waals surface area contributed by atoms with Crippen LogP contribution in [0.1, 0.15) is 25.3 Å². The maximum absolute atomic E-state index is 12.6. The van der Waals surface area contributed by atoms with E-state index in [1.807, 2.05) is 0 Å². The molecule has 9 nitrogen and oxygen atoms in total. The number of benzene rings is 1. The van der Waals surface area contributed by atoms with Gasteiger partial charge in [-0.25, -0.2) is 19.6 Å². The minimum Gasteiger partial charge on any atom is -0.381 e. The first kappa shape index (κ1) is 16.6. The van der Waals surface area contributed by atoms with E-state index in [-0.39, 0.29) is 11.7 Å². The monoisotopic (exact) mass is 375 g/mol. The van der Waals surface area contributed by atoms with Crippen LogP contribution < -0.4 is 5.69 Å². The highest BCUT2D eigenvalue weighted by Gasteiger charge is 2.21. The van der Waals surface area contributed by atoms with E-state index < -0.39 is 0 Å². The van der Waals surface area contributed by atoms with Crippen molar-refractivity contribution in [2.24, 2.45) is 0 Å². The molecule has 0 amide bonds. The van der Waals surface area contributed by atoms with Gasteiger partial charge in [-0.1, -0.05) is 6.07 Å². The van der Waals surface area contributed by atoms with Crippen LogP contribution in [0, 0.1) is 6.57 Å². The van der Waals surface area contributed by atoms with Gasteiger partial charge < -0.3 is 9.72 Å². The molecule has 4 aromatic rings. The third-order valence-electron chi connectivity index (χ3n) is 5.11. The van der Waals surface area contributed by atoms with Gasteiger partial charge in [-0.3, -0.25) is 9.13 Å². The fourth-order valence-corrected chi connectivity index (χ4v) is 3.73. The molecule has 4 heterocycles. The molecule has 1 unspecified atom stereocenters. The molecule has 9 heteroatoms. The van der Waals surface area contributed by atoms with Gasteiger partial charge in [0.15, 0.2) is 11.3 Å². The van der Waals surface area contributed by atoms with E-state index in [9.17, 15) is 4.79 Å². The molecule has 3 aromatic heterocycles. The first-order chi connectivity index (χ1) is 13.7. The second kappa shape index (κ2) is 6.58. The number of hydrogen-bond acceptors (Lipinski definition) is 5. The van der Waals surface area contributed by atoms with Crippen LogP contribution in [0.3, 0.4) is 0 Å². The summed E-state index contributed by atoms with van der Waals surface area (Å²) in [4.78, 5) is 32.4. The standard InChI is InChI=1S/C19H17N7O2/c1-20-12-4-5-14-16(9-12)25(11-22-14)18-21-10-15-17(24-18)26(19(27)23-15)13-3-2-7-28-8-6-13/h4-5,9-11,13H,2-3,6-8H2,(H,23,27). The van der Waals surface area contributed by atoms with Crippen molar-refractivity contribution < 1.29 is 4.74 Å². The Hall–Kier alpha value is -3.51. The third-order valence-corrected chi connectivity index (χ3v) is 5.11. The number of imidazole rings is 2. The van der Waals surface area contributed by atoms with Gasteiger partial charge in [0.25, 0.3) is 0 Å². The average molecular weight is 375 g/mol. The molecule has 1 aliphatic rings. The zero-order valence-electron chi connectivity index (χ0n) is 15.0. The number of hydrogen-bond donors (Lipinski definition) is 1. The lowest BCUT2D eigenvalue weighted by molar-refractivity contribution is 0.142. The first-order valence-electron chi connectivity index (χ1n) is 9.14. The SMILES string of the molecule is [C-]#[N+]c1ccc2ncn(-c3ncc4[nH]c(=O)n(C5CCCOCC5)c4n3)c2c1. The van der Waals surface area contributed by atoms with Crippen LogP contribution in [0.5, 0.6) is 0 Å². The molecule has 5 rings (SSSR count). The molecule has 28 heavy (non-hydrogen) atoms. The number of nitrogens with one attached hydrogen (secondary N) is 1. The Morgan fingerprint density at radius 1 is 1.25 bits per heavy atom. The fraction of sp³-hybridized carbons (Fsp3) is 0.316. The molecule has 140 valence electrons. The van der Waals surface area contributed by atoms with E-state index in [1.54, 1.807) is 39.9 Å². The Balaban J connectivity index is 1.67. The van der Waals surface area contributed by atoms with Crippen LogP contribution in [-0.2, 0) is 4.74 Å². The van der Waals surface area contributed by atoms with Crippen molar-refractivity contribution in [2.75, 3.05) is 13.2 Å². The summed E-state index contributed by atoms with van der Waals surface area (Å²) in [6.07, 6.45) is 5.80. The molecule has 0 radical (unpaired) electrons. The van der Waals surface area contributed by atoms with E-state index in [4.69, 9.17) is 11.3 Å². The van der Waals surface area contributed by atoms with Gasteiger partial charge in [0, 0.05) is 19.3 Å². The van der Waals surface area contributed by atoms with Crippen molar-refractivity contribution in [3.63, 3.8) is 0 Å². The van der Waals surface area contributed by atoms with Crippen molar-refractivity contribution in [1.82, 2.24) is 29.1 Å². The summed E-state index contributed by atoms with van der Waals surface area (Å²) in [5.74, 6) is 0.412. The van der Waals surface area contributed by atoms with Crippen LogP contribution >= 0.6 is 0 Å². The van der Waals surface area contributed by atoms with Crippen molar-refractivity contribution in [3.8, 4) is 5.95 Å². The second-order valence-electron chi connectivity index (χ2n) is 6.80. The maximum Gasteiger partial charge on any atom is 0.327 e. The quantitative estimate of drug-likeness (QED) is 0.544. The molecule has 1 N–H and O–H groups in total. The summed E-state index contributed by atoms with van der Waals surface area (Å²) in [5, 5.41) is 0. The van der Waals surface area contributed by atoms with Crippen molar-refractivity contribution in [3.05, 3.63) is 52.6 Å². The predicted octanol–water partition coefficient (Wildman–Crippen LogP) is 2.75. The average Bonchev–Trinajstić information content (AvgIpc) is 3.16. The number of aromatic amines is 1. The fourth-order valence-electron chi connectivity index (χ4n) is 3.73. The largest absolute Gasteiger partial charge is 0.381 e. The summed E-state index contributed by atoms with van der Waals surface area (Å²) < 4.78 is 8.99. The van der Waals surface area contributed by atoms with Gasteiger partial charge >= 0.3 is 5.69 Å². The first-order valence-corrected chi connectivity index (χ1v) is 9.14. The lowest BCUT2D eigenvalue weighted by Crippen LogP contribution is -2.23. The van der Waals surface area contributed by atoms with Crippen LogP contribution in [0.2, 0.25) is 0 Å². The Morgan fingerprint density at radius 3 is 3.07 bits per heavy atom. The van der Waals surface area contributed by atoms with Crippen LogP contribution in [0.15, 0.2) is 35.5 Å². The predicted molar refractivity (Wildman–Crippen MR) is 103 cm³/mol. The molecule has 0 spiro atoms. The van der Waals surface area contributed by atoms with Crippen molar-refractivity contribution in [2.45, 2.75) is 25.3 Å². The van der Waals surface area contributed by atoms with Gasteiger partial charge in [-0.05, 0) is 31.4 Å². The summed E-state index contributed by atoms with van der Waals surface area (Å²) >= 11 is 0. The molecule has 1 atom stereocenters. The summed E-state index contributed by atoms with van der Waals surface area (Å²) in [6, 6.07) is 5.33. The number of fused-ring (bicyclic) bond motifs is 2. The maximum atomic E-state index is 12.6. The molecule has 1 aliphatic heterocycles. The molecule has 0 saturated carbocycles. The zero-order chi connectivity index (χ0) is 19.1. The van der Waals surface area contributed by atoms with Gasteiger partial charge in [-0.2, -0.15) is 4.98 Å². The molecule has 0 bridgehead atoms. The minimum absolute atomic E-state index is 0.0414. The molecule has 1 saturated heterocycles. The second-order valence-corrected chi connectivity index (χ2v) is 6.80. The van der Waals surface area contributed by atoms with Crippen LogP contribution in [0.25, 0.3) is 33.0 Å². The summed E-state index contributed by atoms with van der Waals surface area (Å²) in [7, 11) is 0.